The van der Waals surface area contributed by atoms with Crippen LogP contribution in [-0.4, -0.2) is 28.2 Å². The number of alkyl halides is 1. The Morgan fingerprint density at radius 3 is 2.85 bits per heavy atom. The van der Waals surface area contributed by atoms with Crippen LogP contribution in [0.2, 0.25) is 0 Å². The van der Waals surface area contributed by atoms with Crippen molar-refractivity contribution in [1.29, 1.82) is 0 Å². The summed E-state index contributed by atoms with van der Waals surface area (Å²) in [5.41, 5.74) is 0. The second-order valence-electron chi connectivity index (χ2n) is 5.27. The molecule has 20 heavy (non-hydrogen) atoms. The smallest absolute Gasteiger partial charge is 0.241 e. The van der Waals surface area contributed by atoms with Crippen LogP contribution in [0.3, 0.4) is 0 Å². The second kappa shape index (κ2) is 4.41. The first-order valence-corrected chi connectivity index (χ1v) is 7.04. The van der Waals surface area contributed by atoms with Crippen LogP contribution in [0.5, 0.6) is 0 Å². The van der Waals surface area contributed by atoms with Crippen LogP contribution in [-0.2, 0) is 5.88 Å². The largest absolute Gasteiger partial charge is 0.356 e. The molecule has 2 fully saturated rings. The number of rotatable bonds is 3. The molecule has 0 N–H and O–H groups in total. The number of hydrogen-bond acceptors (Lipinski definition) is 5. The zero-order chi connectivity index (χ0) is 13.7. The topological polar surface area (TPSA) is 55.1 Å². The Kier molecular flexibility index (Phi) is 2.66. The van der Waals surface area contributed by atoms with E-state index in [4.69, 9.17) is 16.1 Å². The number of piperidine rings is 1. The summed E-state index contributed by atoms with van der Waals surface area (Å²) >= 11 is 5.66. The minimum Gasteiger partial charge on any atom is -0.356 e. The molecule has 0 radical (unpaired) electrons. The number of nitrogens with zero attached hydrogens (tertiary/aromatic N) is 4. The quantitative estimate of drug-likeness (QED) is 0.812. The SMILES string of the molecule is Fc1ccnc(N2C[C@@H]3C(c4noc(CCl)n4)[C@@H]3C2)c1. The second-order valence-corrected chi connectivity index (χ2v) is 5.54. The number of pyridine rings is 1. The molecule has 1 unspecified atom stereocenters. The maximum atomic E-state index is 13.2. The average Bonchev–Trinajstić information content (AvgIpc) is 2.87. The van der Waals surface area contributed by atoms with Crippen LogP contribution in [0.15, 0.2) is 22.9 Å². The first kappa shape index (κ1) is 12.1. The molecule has 1 aliphatic heterocycles. The summed E-state index contributed by atoms with van der Waals surface area (Å²) in [5, 5.41) is 3.98. The minimum absolute atomic E-state index is 0.244. The fourth-order valence-corrected chi connectivity index (χ4v) is 3.23. The molecule has 104 valence electrons. The molecule has 1 aliphatic carbocycles. The van der Waals surface area contributed by atoms with Crippen LogP contribution in [0.4, 0.5) is 10.2 Å². The highest BCUT2D eigenvalue weighted by Gasteiger charge is 2.58. The Balaban J connectivity index is 1.46. The van der Waals surface area contributed by atoms with Gasteiger partial charge in [0.1, 0.15) is 17.5 Å². The zero-order valence-electron chi connectivity index (χ0n) is 10.5. The molecule has 2 aliphatic rings. The number of hydrogen-bond donors (Lipinski definition) is 0. The highest BCUT2D eigenvalue weighted by Crippen LogP contribution is 2.57. The van der Waals surface area contributed by atoms with E-state index in [1.807, 2.05) is 0 Å². The van der Waals surface area contributed by atoms with Crippen molar-refractivity contribution in [2.24, 2.45) is 11.8 Å². The third-order valence-corrected chi connectivity index (χ3v) is 4.35. The standard InChI is InChI=1S/C13H12ClFN4O/c14-4-11-17-13(18-20-11)12-8-5-19(6-9(8)12)10-3-7(15)1-2-16-10/h1-3,8-9,12H,4-6H2/t8-,9+,12?. The van der Waals surface area contributed by atoms with E-state index in [1.54, 1.807) is 0 Å². The van der Waals surface area contributed by atoms with Gasteiger partial charge in [0.2, 0.25) is 5.89 Å². The third kappa shape index (κ3) is 1.86. The van der Waals surface area contributed by atoms with E-state index >= 15 is 0 Å². The van der Waals surface area contributed by atoms with Gasteiger partial charge in [0.05, 0.1) is 0 Å². The summed E-state index contributed by atoms with van der Waals surface area (Å²) in [6, 6.07) is 2.83. The molecule has 1 saturated heterocycles. The molecule has 2 aromatic heterocycles. The maximum absolute atomic E-state index is 13.2. The normalized spacial score (nSPS) is 27.7. The van der Waals surface area contributed by atoms with E-state index in [2.05, 4.69) is 20.0 Å². The van der Waals surface area contributed by atoms with Crippen molar-refractivity contribution in [1.82, 2.24) is 15.1 Å². The predicted octanol–water partition coefficient (Wildman–Crippen LogP) is 2.19. The monoisotopic (exact) mass is 294 g/mol. The fraction of sp³-hybridized carbons (Fsp3) is 0.462. The summed E-state index contributed by atoms with van der Waals surface area (Å²) in [4.78, 5) is 10.6. The maximum Gasteiger partial charge on any atom is 0.241 e. The van der Waals surface area contributed by atoms with Gasteiger partial charge < -0.3 is 9.42 Å². The Bertz CT molecular complexity index is 637. The van der Waals surface area contributed by atoms with Gasteiger partial charge in [-0.05, 0) is 17.9 Å². The van der Waals surface area contributed by atoms with Crippen LogP contribution in [0.1, 0.15) is 17.6 Å². The Labute approximate surface area is 119 Å². The molecule has 3 heterocycles. The van der Waals surface area contributed by atoms with Gasteiger partial charge >= 0.3 is 0 Å². The van der Waals surface area contributed by atoms with Gasteiger partial charge in [0.15, 0.2) is 5.82 Å². The van der Waals surface area contributed by atoms with Crippen molar-refractivity contribution in [3.8, 4) is 0 Å². The zero-order valence-corrected chi connectivity index (χ0v) is 11.3. The molecule has 0 spiro atoms. The van der Waals surface area contributed by atoms with Crippen molar-refractivity contribution in [3.05, 3.63) is 35.9 Å². The molecule has 7 heteroatoms. The van der Waals surface area contributed by atoms with Crippen molar-refractivity contribution in [3.63, 3.8) is 0 Å². The van der Waals surface area contributed by atoms with Gasteiger partial charge in [-0.3, -0.25) is 0 Å². The molecule has 0 bridgehead atoms. The van der Waals surface area contributed by atoms with Crippen molar-refractivity contribution in [2.75, 3.05) is 18.0 Å². The number of anilines is 1. The van der Waals surface area contributed by atoms with E-state index < -0.39 is 0 Å². The Hall–Kier alpha value is -1.69. The highest BCUT2D eigenvalue weighted by atomic mass is 35.5. The first-order valence-electron chi connectivity index (χ1n) is 6.51. The molecule has 3 atom stereocenters. The highest BCUT2D eigenvalue weighted by molar-refractivity contribution is 6.16. The summed E-state index contributed by atoms with van der Waals surface area (Å²) < 4.78 is 18.2. The van der Waals surface area contributed by atoms with Crippen molar-refractivity contribution in [2.45, 2.75) is 11.8 Å². The van der Waals surface area contributed by atoms with Crippen LogP contribution >= 0.6 is 11.6 Å². The lowest BCUT2D eigenvalue weighted by molar-refractivity contribution is 0.383. The van der Waals surface area contributed by atoms with Crippen LogP contribution < -0.4 is 4.90 Å². The summed E-state index contributed by atoms with van der Waals surface area (Å²) in [6.45, 7) is 1.72. The molecule has 0 amide bonds. The van der Waals surface area contributed by atoms with Gasteiger partial charge in [0, 0.05) is 31.3 Å². The van der Waals surface area contributed by atoms with Crippen molar-refractivity contribution >= 4 is 17.4 Å². The van der Waals surface area contributed by atoms with E-state index in [1.165, 1.54) is 18.3 Å². The van der Waals surface area contributed by atoms with Crippen LogP contribution in [0.25, 0.3) is 0 Å². The lowest BCUT2D eigenvalue weighted by Gasteiger charge is -2.20. The van der Waals surface area contributed by atoms with Crippen LogP contribution in [0, 0.1) is 17.7 Å². The van der Waals surface area contributed by atoms with Crippen molar-refractivity contribution < 1.29 is 8.91 Å². The molecule has 0 aromatic carbocycles. The van der Waals surface area contributed by atoms with Gasteiger partial charge in [-0.25, -0.2) is 9.37 Å². The molecular weight excluding hydrogens is 283 g/mol. The fourth-order valence-electron chi connectivity index (χ4n) is 3.12. The van der Waals surface area contributed by atoms with E-state index in [9.17, 15) is 4.39 Å². The predicted molar refractivity (Wildman–Crippen MR) is 70.0 cm³/mol. The molecule has 1 saturated carbocycles. The third-order valence-electron chi connectivity index (χ3n) is 4.12. The molecular formula is C13H12ClFN4O. The average molecular weight is 295 g/mol. The number of aromatic nitrogens is 3. The van der Waals surface area contributed by atoms with E-state index in [0.29, 0.717) is 29.5 Å². The van der Waals surface area contributed by atoms with Gasteiger partial charge in [-0.1, -0.05) is 5.16 Å². The van der Waals surface area contributed by atoms with Gasteiger partial charge in [-0.2, -0.15) is 4.98 Å². The van der Waals surface area contributed by atoms with E-state index in [-0.39, 0.29) is 11.7 Å². The summed E-state index contributed by atoms with van der Waals surface area (Å²) in [7, 11) is 0. The Morgan fingerprint density at radius 2 is 2.20 bits per heavy atom. The van der Waals surface area contributed by atoms with E-state index in [0.717, 1.165) is 18.9 Å². The molecule has 4 rings (SSSR count). The number of fused-ring (bicyclic) bond motifs is 1. The molecule has 5 nitrogen and oxygen atoms in total. The lowest BCUT2D eigenvalue weighted by Crippen LogP contribution is -2.24. The Morgan fingerprint density at radius 1 is 1.40 bits per heavy atom. The summed E-state index contributed by atoms with van der Waals surface area (Å²) in [5.74, 6) is 3.26. The minimum atomic E-state index is -0.253. The first-order chi connectivity index (χ1) is 9.76. The molecule has 2 aromatic rings. The van der Waals surface area contributed by atoms with Gasteiger partial charge in [-0.15, -0.1) is 11.6 Å². The van der Waals surface area contributed by atoms with Gasteiger partial charge in [0.25, 0.3) is 0 Å². The lowest BCUT2D eigenvalue weighted by atomic mass is 10.2. The number of halogens is 2. The summed E-state index contributed by atoms with van der Waals surface area (Å²) in [6.07, 6.45) is 1.50.